The first-order valence-electron chi connectivity index (χ1n) is 7.58. The van der Waals surface area contributed by atoms with E-state index in [0.717, 1.165) is 12.5 Å². The van der Waals surface area contributed by atoms with Gasteiger partial charge in [-0.2, -0.15) is 0 Å². The second-order valence-electron chi connectivity index (χ2n) is 6.04. The summed E-state index contributed by atoms with van der Waals surface area (Å²) in [5.41, 5.74) is 0.695. The molecule has 1 nitrogen and oxygen atoms in total. The number of hydrogen-bond acceptors (Lipinski definition) is 1. The zero-order chi connectivity index (χ0) is 11.3. The van der Waals surface area contributed by atoms with Crippen LogP contribution in [0, 0.1) is 11.3 Å². The van der Waals surface area contributed by atoms with Crippen molar-refractivity contribution < 1.29 is 0 Å². The zero-order valence-electron chi connectivity index (χ0n) is 11.1. The lowest BCUT2D eigenvalue weighted by Crippen LogP contribution is -2.38. The molecule has 0 atom stereocenters. The van der Waals surface area contributed by atoms with Crippen molar-refractivity contribution in [3.8, 4) is 0 Å². The summed E-state index contributed by atoms with van der Waals surface area (Å²) in [4.78, 5) is 0. The molecule has 0 aromatic rings. The SMILES string of the molecule is CCNCC1(C2CCCCCC2)CCCC1. The van der Waals surface area contributed by atoms with Crippen molar-refractivity contribution >= 4 is 0 Å². The largest absolute Gasteiger partial charge is 0.316 e. The molecule has 16 heavy (non-hydrogen) atoms. The van der Waals surface area contributed by atoms with Crippen LogP contribution in [0.2, 0.25) is 0 Å². The summed E-state index contributed by atoms with van der Waals surface area (Å²) < 4.78 is 0. The first kappa shape index (κ1) is 12.4. The molecular formula is C15H29N. The Hall–Kier alpha value is -0.0400. The van der Waals surface area contributed by atoms with Crippen molar-refractivity contribution in [2.45, 2.75) is 71.1 Å². The predicted octanol–water partition coefficient (Wildman–Crippen LogP) is 4.13. The van der Waals surface area contributed by atoms with Gasteiger partial charge in [0.2, 0.25) is 0 Å². The first-order valence-corrected chi connectivity index (χ1v) is 7.58. The van der Waals surface area contributed by atoms with E-state index in [-0.39, 0.29) is 0 Å². The van der Waals surface area contributed by atoms with Gasteiger partial charge in [0.05, 0.1) is 0 Å². The molecule has 0 unspecified atom stereocenters. The van der Waals surface area contributed by atoms with E-state index in [1.54, 1.807) is 0 Å². The van der Waals surface area contributed by atoms with Crippen LogP contribution < -0.4 is 5.32 Å². The van der Waals surface area contributed by atoms with Crippen molar-refractivity contribution in [2.75, 3.05) is 13.1 Å². The molecule has 0 saturated heterocycles. The lowest BCUT2D eigenvalue weighted by Gasteiger charge is -2.38. The Labute approximate surface area is 101 Å². The molecule has 0 aromatic carbocycles. The Morgan fingerprint density at radius 2 is 1.56 bits per heavy atom. The Morgan fingerprint density at radius 1 is 0.938 bits per heavy atom. The minimum atomic E-state index is 0.695. The molecule has 1 heteroatoms. The Balaban J connectivity index is 1.98. The smallest absolute Gasteiger partial charge is 0.00103 e. The van der Waals surface area contributed by atoms with E-state index in [0.29, 0.717) is 5.41 Å². The third-order valence-corrected chi connectivity index (χ3v) is 5.05. The number of hydrogen-bond donors (Lipinski definition) is 1. The van der Waals surface area contributed by atoms with Crippen LogP contribution in [0.1, 0.15) is 71.1 Å². The maximum absolute atomic E-state index is 3.65. The van der Waals surface area contributed by atoms with Crippen molar-refractivity contribution in [1.29, 1.82) is 0 Å². The fourth-order valence-electron chi connectivity index (χ4n) is 4.07. The summed E-state index contributed by atoms with van der Waals surface area (Å²) in [6.07, 6.45) is 15.0. The normalized spacial score (nSPS) is 26.8. The molecule has 2 rings (SSSR count). The Bertz CT molecular complexity index is 186. The average molecular weight is 223 g/mol. The van der Waals surface area contributed by atoms with Crippen LogP contribution in [-0.2, 0) is 0 Å². The second kappa shape index (κ2) is 6.05. The van der Waals surface area contributed by atoms with E-state index >= 15 is 0 Å². The molecule has 2 aliphatic carbocycles. The standard InChI is InChI=1S/C15H29N/c1-2-16-13-15(11-7-8-12-15)14-9-5-3-4-6-10-14/h14,16H,2-13H2,1H3. The van der Waals surface area contributed by atoms with Gasteiger partial charge in [-0.15, -0.1) is 0 Å². The summed E-state index contributed by atoms with van der Waals surface area (Å²) >= 11 is 0. The van der Waals surface area contributed by atoms with Crippen LogP contribution in [0.15, 0.2) is 0 Å². The Morgan fingerprint density at radius 3 is 2.12 bits per heavy atom. The molecule has 2 aliphatic rings. The highest BCUT2D eigenvalue weighted by Crippen LogP contribution is 2.48. The van der Waals surface area contributed by atoms with E-state index in [4.69, 9.17) is 0 Å². The average Bonchev–Trinajstić information content (AvgIpc) is 2.61. The highest BCUT2D eigenvalue weighted by molar-refractivity contribution is 4.92. The van der Waals surface area contributed by atoms with Gasteiger partial charge < -0.3 is 5.32 Å². The van der Waals surface area contributed by atoms with Gasteiger partial charge in [0.25, 0.3) is 0 Å². The monoisotopic (exact) mass is 223 g/mol. The zero-order valence-corrected chi connectivity index (χ0v) is 11.1. The predicted molar refractivity (Wildman–Crippen MR) is 70.6 cm³/mol. The maximum Gasteiger partial charge on any atom is 0.00103 e. The molecule has 1 N–H and O–H groups in total. The lowest BCUT2D eigenvalue weighted by molar-refractivity contribution is 0.143. The summed E-state index contributed by atoms with van der Waals surface area (Å²) in [5, 5.41) is 3.65. The highest BCUT2D eigenvalue weighted by Gasteiger charge is 2.40. The summed E-state index contributed by atoms with van der Waals surface area (Å²) in [7, 11) is 0. The third-order valence-electron chi connectivity index (χ3n) is 5.05. The van der Waals surface area contributed by atoms with Crippen LogP contribution in [-0.4, -0.2) is 13.1 Å². The van der Waals surface area contributed by atoms with E-state index in [9.17, 15) is 0 Å². The molecule has 0 aliphatic heterocycles. The molecule has 0 amide bonds. The van der Waals surface area contributed by atoms with E-state index in [2.05, 4.69) is 12.2 Å². The van der Waals surface area contributed by atoms with Crippen LogP contribution in [0.25, 0.3) is 0 Å². The Kier molecular flexibility index (Phi) is 4.69. The number of nitrogens with one attached hydrogen (secondary N) is 1. The highest BCUT2D eigenvalue weighted by atomic mass is 14.9. The molecule has 0 radical (unpaired) electrons. The number of rotatable bonds is 4. The van der Waals surface area contributed by atoms with Gasteiger partial charge in [-0.1, -0.05) is 45.4 Å². The molecule has 0 aromatic heterocycles. The van der Waals surface area contributed by atoms with E-state index < -0.39 is 0 Å². The van der Waals surface area contributed by atoms with Gasteiger partial charge in [-0.25, -0.2) is 0 Å². The quantitative estimate of drug-likeness (QED) is 0.707. The fourth-order valence-corrected chi connectivity index (χ4v) is 4.07. The van der Waals surface area contributed by atoms with Crippen molar-refractivity contribution in [2.24, 2.45) is 11.3 Å². The summed E-state index contributed by atoms with van der Waals surface area (Å²) in [6, 6.07) is 0. The van der Waals surface area contributed by atoms with Gasteiger partial charge in [0.1, 0.15) is 0 Å². The van der Waals surface area contributed by atoms with E-state index in [1.807, 2.05) is 0 Å². The van der Waals surface area contributed by atoms with Gasteiger partial charge in [-0.05, 0) is 43.6 Å². The molecular weight excluding hydrogens is 194 g/mol. The van der Waals surface area contributed by atoms with Crippen molar-refractivity contribution in [1.82, 2.24) is 5.32 Å². The topological polar surface area (TPSA) is 12.0 Å². The van der Waals surface area contributed by atoms with Gasteiger partial charge >= 0.3 is 0 Å². The summed E-state index contributed by atoms with van der Waals surface area (Å²) in [6.45, 7) is 4.69. The molecule has 94 valence electrons. The van der Waals surface area contributed by atoms with Crippen molar-refractivity contribution in [3.63, 3.8) is 0 Å². The molecule has 0 heterocycles. The van der Waals surface area contributed by atoms with Crippen LogP contribution in [0.3, 0.4) is 0 Å². The maximum atomic E-state index is 3.65. The molecule has 0 bridgehead atoms. The van der Waals surface area contributed by atoms with Crippen LogP contribution in [0.5, 0.6) is 0 Å². The molecule has 2 fully saturated rings. The van der Waals surface area contributed by atoms with E-state index in [1.165, 1.54) is 70.8 Å². The lowest BCUT2D eigenvalue weighted by atomic mass is 9.70. The third kappa shape index (κ3) is 2.80. The van der Waals surface area contributed by atoms with Gasteiger partial charge in [-0.3, -0.25) is 0 Å². The van der Waals surface area contributed by atoms with Gasteiger partial charge in [0, 0.05) is 6.54 Å². The minimum absolute atomic E-state index is 0.695. The first-order chi connectivity index (χ1) is 7.87. The molecule has 0 spiro atoms. The fraction of sp³-hybridized carbons (Fsp3) is 1.00. The van der Waals surface area contributed by atoms with Crippen LogP contribution in [0.4, 0.5) is 0 Å². The van der Waals surface area contributed by atoms with Crippen LogP contribution >= 0.6 is 0 Å². The van der Waals surface area contributed by atoms with Gasteiger partial charge in [0.15, 0.2) is 0 Å². The second-order valence-corrected chi connectivity index (χ2v) is 6.04. The minimum Gasteiger partial charge on any atom is -0.316 e. The molecule has 2 saturated carbocycles. The summed E-state index contributed by atoms with van der Waals surface area (Å²) in [5.74, 6) is 1.04. The van der Waals surface area contributed by atoms with Crippen molar-refractivity contribution in [3.05, 3.63) is 0 Å².